The van der Waals surface area contributed by atoms with E-state index < -0.39 is 22.0 Å². The quantitative estimate of drug-likeness (QED) is 0.557. The molecule has 1 atom stereocenters. The Morgan fingerprint density at radius 3 is 2.47 bits per heavy atom. The highest BCUT2D eigenvalue weighted by Gasteiger charge is 2.40. The van der Waals surface area contributed by atoms with E-state index in [1.54, 1.807) is 17.0 Å². The lowest BCUT2D eigenvalue weighted by Crippen LogP contribution is -2.49. The SMILES string of the molecule is CCNC(=O)[C@H](CC)N(Cc1cccc(C)c1)C(=O)CCCN1C(=O)c2ccccc2S1(=O)=O. The van der Waals surface area contributed by atoms with Gasteiger partial charge in [-0.25, -0.2) is 12.7 Å². The second-order valence-corrected chi connectivity index (χ2v) is 10.1. The molecule has 1 aliphatic heterocycles. The highest BCUT2D eigenvalue weighted by molar-refractivity contribution is 7.90. The van der Waals surface area contributed by atoms with Crippen molar-refractivity contribution in [3.63, 3.8) is 0 Å². The Morgan fingerprint density at radius 2 is 1.82 bits per heavy atom. The van der Waals surface area contributed by atoms with Gasteiger partial charge in [0.2, 0.25) is 11.8 Å². The van der Waals surface area contributed by atoms with Crippen molar-refractivity contribution >= 4 is 27.7 Å². The van der Waals surface area contributed by atoms with E-state index in [0.717, 1.165) is 15.4 Å². The monoisotopic (exact) mass is 485 g/mol. The van der Waals surface area contributed by atoms with E-state index in [1.165, 1.54) is 12.1 Å². The fourth-order valence-electron chi connectivity index (χ4n) is 4.19. The standard InChI is InChI=1S/C25H31N3O5S/c1-4-21(24(30)26-5-2)27(17-19-11-8-10-18(3)16-19)23(29)14-9-15-28-25(31)20-12-6-7-13-22(20)34(28,32)33/h6-8,10-13,16,21H,4-5,9,14-15,17H2,1-3H3,(H,26,30)/t21-/m0/s1. The summed E-state index contributed by atoms with van der Waals surface area (Å²) in [5, 5.41) is 2.79. The zero-order valence-corrected chi connectivity index (χ0v) is 20.6. The molecule has 34 heavy (non-hydrogen) atoms. The molecular weight excluding hydrogens is 454 g/mol. The van der Waals surface area contributed by atoms with Crippen LogP contribution in [0.3, 0.4) is 0 Å². The third-order valence-electron chi connectivity index (χ3n) is 5.84. The van der Waals surface area contributed by atoms with Crippen LogP contribution in [0.25, 0.3) is 0 Å². The van der Waals surface area contributed by atoms with E-state index in [4.69, 9.17) is 0 Å². The Bertz CT molecular complexity index is 1180. The van der Waals surface area contributed by atoms with Crippen LogP contribution in [0.1, 0.15) is 54.6 Å². The number of carbonyl (C=O) groups excluding carboxylic acids is 3. The molecule has 0 radical (unpaired) electrons. The largest absolute Gasteiger partial charge is 0.355 e. The third-order valence-corrected chi connectivity index (χ3v) is 7.68. The average Bonchev–Trinajstić information content (AvgIpc) is 2.99. The summed E-state index contributed by atoms with van der Waals surface area (Å²) in [6.45, 7) is 6.26. The minimum absolute atomic E-state index is 0.00492. The Hall–Kier alpha value is -3.20. The fourth-order valence-corrected chi connectivity index (χ4v) is 5.80. The summed E-state index contributed by atoms with van der Waals surface area (Å²) >= 11 is 0. The Labute approximate surface area is 201 Å². The molecule has 9 heteroatoms. The Morgan fingerprint density at radius 1 is 1.09 bits per heavy atom. The molecule has 0 spiro atoms. The van der Waals surface area contributed by atoms with Gasteiger partial charge < -0.3 is 10.2 Å². The topological polar surface area (TPSA) is 104 Å². The van der Waals surface area contributed by atoms with Crippen LogP contribution in [0, 0.1) is 6.92 Å². The fraction of sp³-hybridized carbons (Fsp3) is 0.400. The minimum atomic E-state index is -3.91. The lowest BCUT2D eigenvalue weighted by atomic mass is 10.1. The first-order chi connectivity index (χ1) is 16.2. The van der Waals surface area contributed by atoms with Crippen molar-refractivity contribution in [3.05, 3.63) is 65.2 Å². The van der Waals surface area contributed by atoms with E-state index in [1.807, 2.05) is 45.0 Å². The first kappa shape index (κ1) is 25.4. The number of amides is 3. The number of likely N-dealkylation sites (N-methyl/N-ethyl adjacent to an activating group) is 1. The molecule has 1 aliphatic rings. The molecule has 0 saturated carbocycles. The smallest absolute Gasteiger partial charge is 0.269 e. The maximum absolute atomic E-state index is 13.3. The van der Waals surface area contributed by atoms with Crippen molar-refractivity contribution in [2.75, 3.05) is 13.1 Å². The van der Waals surface area contributed by atoms with Crippen LogP contribution in [0.5, 0.6) is 0 Å². The first-order valence-electron chi connectivity index (χ1n) is 11.5. The van der Waals surface area contributed by atoms with Crippen molar-refractivity contribution in [1.82, 2.24) is 14.5 Å². The van der Waals surface area contributed by atoms with Crippen LogP contribution in [-0.4, -0.2) is 54.5 Å². The highest BCUT2D eigenvalue weighted by atomic mass is 32.2. The number of benzene rings is 2. The van der Waals surface area contributed by atoms with Crippen LogP contribution in [0.2, 0.25) is 0 Å². The van der Waals surface area contributed by atoms with Crippen LogP contribution < -0.4 is 5.32 Å². The molecule has 8 nitrogen and oxygen atoms in total. The maximum atomic E-state index is 13.3. The third kappa shape index (κ3) is 5.30. The number of hydrogen-bond donors (Lipinski definition) is 1. The van der Waals surface area contributed by atoms with Gasteiger partial charge in [-0.05, 0) is 44.4 Å². The predicted molar refractivity (Wildman–Crippen MR) is 128 cm³/mol. The zero-order valence-electron chi connectivity index (χ0n) is 19.8. The van der Waals surface area contributed by atoms with Gasteiger partial charge in [-0.15, -0.1) is 0 Å². The zero-order chi connectivity index (χ0) is 24.9. The number of aryl methyl sites for hydroxylation is 1. The van der Waals surface area contributed by atoms with Crippen molar-refractivity contribution in [1.29, 1.82) is 0 Å². The van der Waals surface area contributed by atoms with Gasteiger partial charge in [-0.3, -0.25) is 14.4 Å². The van der Waals surface area contributed by atoms with Gasteiger partial charge in [0.1, 0.15) is 10.9 Å². The van der Waals surface area contributed by atoms with Crippen molar-refractivity contribution in [2.24, 2.45) is 0 Å². The molecule has 3 amide bonds. The molecule has 0 unspecified atom stereocenters. The molecule has 0 bridgehead atoms. The van der Waals surface area contributed by atoms with Crippen LogP contribution in [0.15, 0.2) is 53.4 Å². The molecule has 0 aromatic heterocycles. The van der Waals surface area contributed by atoms with Crippen molar-refractivity contribution in [2.45, 2.75) is 57.5 Å². The summed E-state index contributed by atoms with van der Waals surface area (Å²) in [7, 11) is -3.91. The molecule has 0 fully saturated rings. The molecule has 0 aliphatic carbocycles. The van der Waals surface area contributed by atoms with E-state index >= 15 is 0 Å². The summed E-state index contributed by atoms with van der Waals surface area (Å²) in [5.74, 6) is -1.06. The number of hydrogen-bond acceptors (Lipinski definition) is 5. The van der Waals surface area contributed by atoms with E-state index in [-0.39, 0.29) is 48.2 Å². The molecule has 2 aromatic rings. The number of rotatable bonds is 10. The molecular formula is C25H31N3O5S. The van der Waals surface area contributed by atoms with Gasteiger partial charge in [0.15, 0.2) is 0 Å². The van der Waals surface area contributed by atoms with Crippen molar-refractivity contribution in [3.8, 4) is 0 Å². The van der Waals surface area contributed by atoms with E-state index in [9.17, 15) is 22.8 Å². The van der Waals surface area contributed by atoms with Gasteiger partial charge in [-0.2, -0.15) is 0 Å². The van der Waals surface area contributed by atoms with Gasteiger partial charge in [0.05, 0.1) is 5.56 Å². The predicted octanol–water partition coefficient (Wildman–Crippen LogP) is 2.86. The lowest BCUT2D eigenvalue weighted by molar-refractivity contribution is -0.141. The van der Waals surface area contributed by atoms with Gasteiger partial charge >= 0.3 is 0 Å². The molecule has 2 aromatic carbocycles. The number of carbonyl (C=O) groups is 3. The number of sulfonamides is 1. The molecule has 1 heterocycles. The number of nitrogens with one attached hydrogen (secondary N) is 1. The molecule has 1 N–H and O–H groups in total. The number of fused-ring (bicyclic) bond motifs is 1. The van der Waals surface area contributed by atoms with Gasteiger partial charge in [-0.1, -0.05) is 48.9 Å². The van der Waals surface area contributed by atoms with E-state index in [0.29, 0.717) is 13.0 Å². The second kappa shape index (κ2) is 10.8. The average molecular weight is 486 g/mol. The Kier molecular flexibility index (Phi) is 8.09. The van der Waals surface area contributed by atoms with Gasteiger partial charge in [0.25, 0.3) is 15.9 Å². The van der Waals surface area contributed by atoms with Crippen LogP contribution in [-0.2, 0) is 26.2 Å². The van der Waals surface area contributed by atoms with E-state index in [2.05, 4.69) is 5.32 Å². The molecule has 182 valence electrons. The van der Waals surface area contributed by atoms with Gasteiger partial charge in [0, 0.05) is 26.1 Å². The molecule has 3 rings (SSSR count). The Balaban J connectivity index is 1.74. The van der Waals surface area contributed by atoms with Crippen LogP contribution in [0.4, 0.5) is 0 Å². The first-order valence-corrected chi connectivity index (χ1v) is 12.9. The minimum Gasteiger partial charge on any atom is -0.355 e. The molecule has 0 saturated heterocycles. The highest BCUT2D eigenvalue weighted by Crippen LogP contribution is 2.30. The maximum Gasteiger partial charge on any atom is 0.269 e. The normalized spacial score (nSPS) is 15.0. The van der Waals surface area contributed by atoms with Crippen LogP contribution >= 0.6 is 0 Å². The van der Waals surface area contributed by atoms with Crippen molar-refractivity contribution < 1.29 is 22.8 Å². The summed E-state index contributed by atoms with van der Waals surface area (Å²) in [6.07, 6.45) is 0.614. The summed E-state index contributed by atoms with van der Waals surface area (Å²) in [5.41, 5.74) is 2.11. The number of nitrogens with zero attached hydrogens (tertiary/aromatic N) is 2. The second-order valence-electron chi connectivity index (χ2n) is 8.31. The summed E-state index contributed by atoms with van der Waals surface area (Å²) in [4.78, 5) is 40.1. The summed E-state index contributed by atoms with van der Waals surface area (Å²) < 4.78 is 26.3. The summed E-state index contributed by atoms with van der Waals surface area (Å²) in [6, 6.07) is 13.2. The lowest BCUT2D eigenvalue weighted by Gasteiger charge is -2.31.